The van der Waals surface area contributed by atoms with Crippen LogP contribution in [0, 0.1) is 0 Å². The normalized spacial score (nSPS) is 11.4. The molecule has 0 saturated heterocycles. The van der Waals surface area contributed by atoms with Gasteiger partial charge < -0.3 is 14.8 Å². The summed E-state index contributed by atoms with van der Waals surface area (Å²) < 4.78 is 10.1. The molecule has 7 nitrogen and oxygen atoms in total. The first-order valence-corrected chi connectivity index (χ1v) is 16.8. The molecule has 1 aromatic heterocycles. The molecule has 0 radical (unpaired) electrons. The number of para-hydroxylation sites is 1. The van der Waals surface area contributed by atoms with Crippen LogP contribution in [0.2, 0.25) is 0 Å². The Bertz CT molecular complexity index is 1350. The van der Waals surface area contributed by atoms with Gasteiger partial charge in [0.1, 0.15) is 0 Å². The number of carbonyl (C=O) groups excluding carboxylic acids is 3. The molecular weight excluding hydrogens is 564 g/mol. The Labute approximate surface area is 269 Å². The summed E-state index contributed by atoms with van der Waals surface area (Å²) in [6.45, 7) is 11.1. The highest BCUT2D eigenvalue weighted by Crippen LogP contribution is 2.31. The zero-order chi connectivity index (χ0) is 32.7. The third-order valence-electron chi connectivity index (χ3n) is 8.04. The van der Waals surface area contributed by atoms with E-state index in [1.54, 1.807) is 6.20 Å². The number of nitrogens with one attached hydrogen (secondary N) is 1. The molecule has 0 aliphatic heterocycles. The van der Waals surface area contributed by atoms with E-state index in [0.29, 0.717) is 31.7 Å². The zero-order valence-electron chi connectivity index (χ0n) is 28.0. The van der Waals surface area contributed by atoms with E-state index in [0.717, 1.165) is 91.8 Å². The topological polar surface area (TPSA) is 94.6 Å². The van der Waals surface area contributed by atoms with E-state index >= 15 is 0 Å². The number of aryl methyl sites for hydroxylation is 2. The van der Waals surface area contributed by atoms with Crippen LogP contribution in [0.5, 0.6) is 0 Å². The molecule has 0 aliphatic rings. The van der Waals surface area contributed by atoms with E-state index in [4.69, 9.17) is 9.47 Å². The third-order valence-corrected chi connectivity index (χ3v) is 8.04. The predicted octanol–water partition coefficient (Wildman–Crippen LogP) is 8.90. The van der Waals surface area contributed by atoms with Crippen LogP contribution in [-0.2, 0) is 37.3 Å². The lowest BCUT2D eigenvalue weighted by Crippen LogP contribution is -2.20. The number of amides is 1. The van der Waals surface area contributed by atoms with Crippen molar-refractivity contribution in [3.05, 3.63) is 70.9 Å². The monoisotopic (exact) mass is 616 g/mol. The van der Waals surface area contributed by atoms with Gasteiger partial charge in [0.15, 0.2) is 0 Å². The average molecular weight is 617 g/mol. The molecule has 3 rings (SSSR count). The van der Waals surface area contributed by atoms with Crippen LogP contribution in [0.15, 0.2) is 48.7 Å². The van der Waals surface area contributed by atoms with E-state index in [1.807, 2.05) is 44.2 Å². The molecule has 0 fully saturated rings. The number of nitrogens with zero attached hydrogens (tertiary/aromatic N) is 1. The molecule has 45 heavy (non-hydrogen) atoms. The number of rotatable bonds is 18. The van der Waals surface area contributed by atoms with Gasteiger partial charge in [0.05, 0.1) is 24.4 Å². The number of unbranched alkanes of at least 4 members (excludes halogenated alkanes) is 6. The molecule has 0 spiro atoms. The first-order valence-electron chi connectivity index (χ1n) is 16.8. The van der Waals surface area contributed by atoms with Crippen molar-refractivity contribution in [1.82, 2.24) is 4.98 Å². The van der Waals surface area contributed by atoms with Crippen molar-refractivity contribution in [1.29, 1.82) is 0 Å². The Morgan fingerprint density at radius 1 is 0.733 bits per heavy atom. The van der Waals surface area contributed by atoms with E-state index in [1.165, 1.54) is 5.56 Å². The highest BCUT2D eigenvalue weighted by molar-refractivity contribution is 6.10. The number of benzene rings is 2. The zero-order valence-corrected chi connectivity index (χ0v) is 28.0. The van der Waals surface area contributed by atoms with Crippen LogP contribution in [0.4, 0.5) is 5.69 Å². The molecule has 1 N–H and O–H groups in total. The number of aromatic nitrogens is 1. The van der Waals surface area contributed by atoms with Crippen molar-refractivity contribution in [2.24, 2.45) is 0 Å². The summed E-state index contributed by atoms with van der Waals surface area (Å²) in [5, 5.41) is 4.18. The summed E-state index contributed by atoms with van der Waals surface area (Å²) >= 11 is 0. The second kappa shape index (κ2) is 18.3. The quantitative estimate of drug-likeness (QED) is 0.113. The third kappa shape index (κ3) is 11.6. The van der Waals surface area contributed by atoms with Gasteiger partial charge in [-0.2, -0.15) is 0 Å². The predicted molar refractivity (Wildman–Crippen MR) is 182 cm³/mol. The van der Waals surface area contributed by atoms with Crippen molar-refractivity contribution in [3.63, 3.8) is 0 Å². The second-order valence-corrected chi connectivity index (χ2v) is 12.7. The number of anilines is 1. The summed E-state index contributed by atoms with van der Waals surface area (Å²) in [5.41, 5.74) is 5.51. The van der Waals surface area contributed by atoms with E-state index in [9.17, 15) is 14.4 Å². The molecule has 0 aliphatic carbocycles. The smallest absolute Gasteiger partial charge is 0.305 e. The molecule has 0 bridgehead atoms. The Morgan fingerprint density at radius 2 is 1.27 bits per heavy atom. The number of ether oxygens (including phenoxy) is 2. The van der Waals surface area contributed by atoms with Crippen LogP contribution in [0.1, 0.15) is 126 Å². The molecule has 1 amide bonds. The van der Waals surface area contributed by atoms with Crippen LogP contribution in [0.25, 0.3) is 10.9 Å². The highest BCUT2D eigenvalue weighted by atomic mass is 16.5. The SMILES string of the molecule is CCOC(=O)CCCCCCc1cc(C(C)(C)C)cc(CCCCCCC(=O)OCC)c1C(=O)Nc1cccc2cccnc12. The Morgan fingerprint density at radius 3 is 1.80 bits per heavy atom. The van der Waals surface area contributed by atoms with Gasteiger partial charge in [0.2, 0.25) is 0 Å². The van der Waals surface area contributed by atoms with Gasteiger partial charge >= 0.3 is 11.9 Å². The Balaban J connectivity index is 1.83. The molecule has 0 atom stereocenters. The molecule has 2 aromatic carbocycles. The van der Waals surface area contributed by atoms with Crippen molar-refractivity contribution in [2.75, 3.05) is 18.5 Å². The van der Waals surface area contributed by atoms with E-state index in [-0.39, 0.29) is 23.3 Å². The van der Waals surface area contributed by atoms with Crippen LogP contribution in [-0.4, -0.2) is 36.0 Å². The van der Waals surface area contributed by atoms with Gasteiger partial charge in [-0.15, -0.1) is 0 Å². The van der Waals surface area contributed by atoms with Crippen LogP contribution in [0.3, 0.4) is 0 Å². The maximum Gasteiger partial charge on any atom is 0.305 e. The summed E-state index contributed by atoms with van der Waals surface area (Å²) in [7, 11) is 0. The lowest BCUT2D eigenvalue weighted by molar-refractivity contribution is -0.144. The number of carbonyl (C=O) groups is 3. The van der Waals surface area contributed by atoms with Crippen molar-refractivity contribution < 1.29 is 23.9 Å². The average Bonchev–Trinajstić information content (AvgIpc) is 3.00. The molecule has 0 saturated carbocycles. The lowest BCUT2D eigenvalue weighted by atomic mass is 9.81. The van der Waals surface area contributed by atoms with E-state index in [2.05, 4.69) is 43.2 Å². The van der Waals surface area contributed by atoms with Gasteiger partial charge in [-0.25, -0.2) is 0 Å². The van der Waals surface area contributed by atoms with Gasteiger partial charge in [0.25, 0.3) is 5.91 Å². The van der Waals surface area contributed by atoms with Crippen molar-refractivity contribution in [2.45, 2.75) is 117 Å². The molecular formula is C38H52N2O5. The van der Waals surface area contributed by atoms with Crippen molar-refractivity contribution in [3.8, 4) is 0 Å². The summed E-state index contributed by atoms with van der Waals surface area (Å²) in [6.07, 6.45) is 11.5. The fourth-order valence-corrected chi connectivity index (χ4v) is 5.62. The van der Waals surface area contributed by atoms with Crippen LogP contribution >= 0.6 is 0 Å². The number of fused-ring (bicyclic) bond motifs is 1. The number of esters is 2. The first-order chi connectivity index (χ1) is 21.6. The lowest BCUT2D eigenvalue weighted by Gasteiger charge is -2.24. The molecule has 244 valence electrons. The van der Waals surface area contributed by atoms with Crippen molar-refractivity contribution >= 4 is 34.4 Å². The van der Waals surface area contributed by atoms with Crippen LogP contribution < -0.4 is 5.32 Å². The summed E-state index contributed by atoms with van der Waals surface area (Å²) in [5.74, 6) is -0.381. The van der Waals surface area contributed by atoms with Gasteiger partial charge in [0, 0.05) is 30.0 Å². The number of hydrogen-bond acceptors (Lipinski definition) is 6. The Kier molecular flexibility index (Phi) is 14.5. The summed E-state index contributed by atoms with van der Waals surface area (Å²) in [6, 6.07) is 14.2. The van der Waals surface area contributed by atoms with E-state index < -0.39 is 0 Å². The second-order valence-electron chi connectivity index (χ2n) is 12.7. The summed E-state index contributed by atoms with van der Waals surface area (Å²) in [4.78, 5) is 42.2. The first kappa shape index (κ1) is 35.7. The molecule has 3 aromatic rings. The Hall–Kier alpha value is -3.74. The minimum absolute atomic E-state index is 0.0721. The largest absolute Gasteiger partial charge is 0.466 e. The fourth-order valence-electron chi connectivity index (χ4n) is 5.62. The van der Waals surface area contributed by atoms with Gasteiger partial charge in [-0.1, -0.05) is 76.8 Å². The highest BCUT2D eigenvalue weighted by Gasteiger charge is 2.23. The fraction of sp³-hybridized carbons (Fsp3) is 0.526. The minimum Gasteiger partial charge on any atom is -0.466 e. The standard InChI is InChI=1S/C38H52N2O5/c1-6-44-33(41)23-14-10-8-12-18-29-26-31(38(3,4)5)27-30(19-13-9-11-15-24-34(42)45-7-2)35(29)37(43)40-32-22-16-20-28-21-17-25-39-36(28)32/h16-17,20-22,25-27H,6-15,18-19,23-24H2,1-5H3,(H,40,43). The van der Waals surface area contributed by atoms with Gasteiger partial charge in [-0.05, 0) is 86.6 Å². The molecule has 0 unspecified atom stereocenters. The molecule has 1 heterocycles. The minimum atomic E-state index is -0.136. The number of hydrogen-bond donors (Lipinski definition) is 1. The van der Waals surface area contributed by atoms with Gasteiger partial charge in [-0.3, -0.25) is 19.4 Å². The molecule has 7 heteroatoms. The number of pyridine rings is 1. The maximum absolute atomic E-state index is 14.2. The maximum atomic E-state index is 14.2.